The van der Waals surface area contributed by atoms with Crippen molar-refractivity contribution in [1.82, 2.24) is 0 Å². The first-order chi connectivity index (χ1) is 9.76. The van der Waals surface area contributed by atoms with Crippen molar-refractivity contribution in [3.05, 3.63) is 48.0 Å². The summed E-state index contributed by atoms with van der Waals surface area (Å²) in [6.07, 6.45) is 1.70. The Morgan fingerprint density at radius 1 is 0.850 bits per heavy atom. The third kappa shape index (κ3) is 3.52. The molecule has 0 radical (unpaired) electrons. The first-order valence-corrected chi connectivity index (χ1v) is 6.70. The zero-order chi connectivity index (χ0) is 14.4. The van der Waals surface area contributed by atoms with Crippen molar-refractivity contribution in [2.45, 2.75) is 12.8 Å². The van der Waals surface area contributed by atoms with Gasteiger partial charge in [0.25, 0.3) is 0 Å². The first-order valence-electron chi connectivity index (χ1n) is 6.70. The average Bonchev–Trinajstić information content (AvgIpc) is 2.52. The van der Waals surface area contributed by atoms with Gasteiger partial charge >= 0.3 is 0 Å². The predicted octanol–water partition coefficient (Wildman–Crippen LogP) is 3.30. The highest BCUT2D eigenvalue weighted by molar-refractivity contribution is 5.67. The fourth-order valence-electron chi connectivity index (χ4n) is 2.12. The number of aryl methyl sites for hydroxylation is 1. The Balaban J connectivity index is 2.26. The molecule has 20 heavy (non-hydrogen) atoms. The van der Waals surface area contributed by atoms with E-state index in [-0.39, 0.29) is 6.61 Å². The Morgan fingerprint density at radius 2 is 1.45 bits per heavy atom. The maximum absolute atomic E-state index is 8.85. The lowest BCUT2D eigenvalue weighted by Gasteiger charge is -2.09. The molecular formula is C17H20O3. The minimum Gasteiger partial charge on any atom is -0.497 e. The largest absolute Gasteiger partial charge is 0.497 e. The second-order valence-corrected chi connectivity index (χ2v) is 4.63. The van der Waals surface area contributed by atoms with Crippen molar-refractivity contribution in [3.63, 3.8) is 0 Å². The first kappa shape index (κ1) is 14.4. The van der Waals surface area contributed by atoms with E-state index in [1.807, 2.05) is 18.2 Å². The molecule has 0 bridgehead atoms. The summed E-state index contributed by atoms with van der Waals surface area (Å²) in [6, 6.07) is 14.2. The van der Waals surface area contributed by atoms with Crippen molar-refractivity contribution in [3.8, 4) is 22.6 Å². The normalized spacial score (nSPS) is 10.3. The zero-order valence-electron chi connectivity index (χ0n) is 11.9. The number of benzene rings is 2. The lowest BCUT2D eigenvalue weighted by Crippen LogP contribution is -1.90. The second kappa shape index (κ2) is 6.96. The van der Waals surface area contributed by atoms with E-state index < -0.39 is 0 Å². The molecule has 0 aliphatic carbocycles. The lowest BCUT2D eigenvalue weighted by atomic mass is 10.0. The van der Waals surface area contributed by atoms with Crippen molar-refractivity contribution in [2.24, 2.45) is 0 Å². The Bertz CT molecular complexity index is 524. The standard InChI is InChI=1S/C17H20O3/c1-19-16-10-15(11-17(12-16)20-2)14-7-5-13(6-8-14)4-3-9-18/h5-8,10-12,18H,3-4,9H2,1-2H3. The number of methoxy groups -OCH3 is 2. The Labute approximate surface area is 119 Å². The summed E-state index contributed by atoms with van der Waals surface area (Å²) in [5.74, 6) is 1.56. The molecular weight excluding hydrogens is 252 g/mol. The lowest BCUT2D eigenvalue weighted by molar-refractivity contribution is 0.288. The molecule has 0 heterocycles. The van der Waals surface area contributed by atoms with Crippen LogP contribution >= 0.6 is 0 Å². The van der Waals surface area contributed by atoms with Crippen LogP contribution in [-0.2, 0) is 6.42 Å². The van der Waals surface area contributed by atoms with E-state index in [9.17, 15) is 0 Å². The molecule has 0 spiro atoms. The number of ether oxygens (including phenoxy) is 2. The third-order valence-corrected chi connectivity index (χ3v) is 3.26. The molecule has 0 atom stereocenters. The van der Waals surface area contributed by atoms with Crippen LogP contribution in [0.15, 0.2) is 42.5 Å². The highest BCUT2D eigenvalue weighted by Gasteiger charge is 2.04. The smallest absolute Gasteiger partial charge is 0.123 e. The van der Waals surface area contributed by atoms with Crippen LogP contribution < -0.4 is 9.47 Å². The molecule has 0 unspecified atom stereocenters. The van der Waals surface area contributed by atoms with E-state index in [4.69, 9.17) is 14.6 Å². The molecule has 2 aromatic carbocycles. The SMILES string of the molecule is COc1cc(OC)cc(-c2ccc(CCCO)cc2)c1. The van der Waals surface area contributed by atoms with Crippen LogP contribution in [0.4, 0.5) is 0 Å². The van der Waals surface area contributed by atoms with Crippen molar-refractivity contribution in [2.75, 3.05) is 20.8 Å². The number of aliphatic hydroxyl groups is 1. The van der Waals surface area contributed by atoms with Gasteiger partial charge in [-0.05, 0) is 41.7 Å². The molecule has 106 valence electrons. The van der Waals surface area contributed by atoms with Crippen LogP contribution in [0.25, 0.3) is 11.1 Å². The fourth-order valence-corrected chi connectivity index (χ4v) is 2.12. The van der Waals surface area contributed by atoms with Gasteiger partial charge in [0.1, 0.15) is 11.5 Å². The van der Waals surface area contributed by atoms with Crippen LogP contribution in [0.1, 0.15) is 12.0 Å². The van der Waals surface area contributed by atoms with Crippen LogP contribution in [0.2, 0.25) is 0 Å². The second-order valence-electron chi connectivity index (χ2n) is 4.63. The predicted molar refractivity (Wildman–Crippen MR) is 80.4 cm³/mol. The van der Waals surface area contributed by atoms with Gasteiger partial charge in [-0.1, -0.05) is 24.3 Å². The highest BCUT2D eigenvalue weighted by Crippen LogP contribution is 2.29. The maximum Gasteiger partial charge on any atom is 0.123 e. The Kier molecular flexibility index (Phi) is 5.02. The van der Waals surface area contributed by atoms with Gasteiger partial charge in [0.15, 0.2) is 0 Å². The van der Waals surface area contributed by atoms with Crippen molar-refractivity contribution >= 4 is 0 Å². The summed E-state index contributed by atoms with van der Waals surface area (Å²) in [5, 5.41) is 8.85. The van der Waals surface area contributed by atoms with Crippen molar-refractivity contribution < 1.29 is 14.6 Å². The molecule has 0 amide bonds. The van der Waals surface area contributed by atoms with E-state index >= 15 is 0 Å². The topological polar surface area (TPSA) is 38.7 Å². The molecule has 3 nitrogen and oxygen atoms in total. The zero-order valence-corrected chi connectivity index (χ0v) is 11.9. The Morgan fingerprint density at radius 3 is 1.95 bits per heavy atom. The van der Waals surface area contributed by atoms with Gasteiger partial charge in [-0.3, -0.25) is 0 Å². The summed E-state index contributed by atoms with van der Waals surface area (Å²) < 4.78 is 10.6. The number of hydrogen-bond acceptors (Lipinski definition) is 3. The summed E-state index contributed by atoms with van der Waals surface area (Å²) in [5.41, 5.74) is 3.42. The van der Waals surface area contributed by atoms with Crippen LogP contribution in [-0.4, -0.2) is 25.9 Å². The van der Waals surface area contributed by atoms with Gasteiger partial charge in [-0.25, -0.2) is 0 Å². The van der Waals surface area contributed by atoms with Crippen molar-refractivity contribution in [1.29, 1.82) is 0 Å². The van der Waals surface area contributed by atoms with Gasteiger partial charge in [-0.2, -0.15) is 0 Å². The van der Waals surface area contributed by atoms with Gasteiger partial charge in [-0.15, -0.1) is 0 Å². The average molecular weight is 272 g/mol. The summed E-state index contributed by atoms with van der Waals surface area (Å²) in [4.78, 5) is 0. The summed E-state index contributed by atoms with van der Waals surface area (Å²) >= 11 is 0. The van der Waals surface area contributed by atoms with E-state index in [1.54, 1.807) is 14.2 Å². The Hall–Kier alpha value is -2.00. The minimum atomic E-state index is 0.231. The molecule has 0 aliphatic rings. The van der Waals surface area contributed by atoms with E-state index in [0.29, 0.717) is 0 Å². The molecule has 0 aromatic heterocycles. The summed E-state index contributed by atoms with van der Waals surface area (Å²) in [6.45, 7) is 0.231. The molecule has 2 rings (SSSR count). The third-order valence-electron chi connectivity index (χ3n) is 3.26. The minimum absolute atomic E-state index is 0.231. The van der Waals surface area contributed by atoms with Crippen LogP contribution in [0.3, 0.4) is 0 Å². The molecule has 0 aliphatic heterocycles. The van der Waals surface area contributed by atoms with E-state index in [1.165, 1.54) is 5.56 Å². The number of hydrogen-bond donors (Lipinski definition) is 1. The van der Waals surface area contributed by atoms with Gasteiger partial charge < -0.3 is 14.6 Å². The highest BCUT2D eigenvalue weighted by atomic mass is 16.5. The monoisotopic (exact) mass is 272 g/mol. The van der Waals surface area contributed by atoms with Gasteiger partial charge in [0.05, 0.1) is 14.2 Å². The van der Waals surface area contributed by atoms with Gasteiger partial charge in [0.2, 0.25) is 0 Å². The summed E-state index contributed by atoms with van der Waals surface area (Å²) in [7, 11) is 3.30. The molecule has 2 aromatic rings. The fraction of sp³-hybridized carbons (Fsp3) is 0.294. The molecule has 0 fully saturated rings. The van der Waals surface area contributed by atoms with E-state index in [2.05, 4.69) is 24.3 Å². The maximum atomic E-state index is 8.85. The van der Waals surface area contributed by atoms with Crippen LogP contribution in [0, 0.1) is 0 Å². The van der Waals surface area contributed by atoms with Gasteiger partial charge in [0, 0.05) is 12.7 Å². The molecule has 0 saturated carbocycles. The van der Waals surface area contributed by atoms with Crippen LogP contribution in [0.5, 0.6) is 11.5 Å². The van der Waals surface area contributed by atoms with E-state index in [0.717, 1.165) is 35.5 Å². The molecule has 0 saturated heterocycles. The quantitative estimate of drug-likeness (QED) is 0.877. The number of aliphatic hydroxyl groups excluding tert-OH is 1. The number of rotatable bonds is 6. The molecule has 3 heteroatoms. The molecule has 1 N–H and O–H groups in total.